The molecule has 0 bridgehead atoms. The Labute approximate surface area is 87.9 Å². The summed E-state index contributed by atoms with van der Waals surface area (Å²) >= 11 is 0. The van der Waals surface area contributed by atoms with E-state index in [1.165, 1.54) is 12.3 Å². The number of hydrogen-bond donors (Lipinski definition) is 0. The Bertz CT molecular complexity index is 405. The van der Waals surface area contributed by atoms with Gasteiger partial charge in [-0.3, -0.25) is 9.59 Å². The Morgan fingerprint density at radius 2 is 2.27 bits per heavy atom. The average molecular weight is 210 g/mol. The molecule has 0 aliphatic carbocycles. The Morgan fingerprint density at radius 3 is 2.80 bits per heavy atom. The Morgan fingerprint density at radius 1 is 1.60 bits per heavy atom. The summed E-state index contributed by atoms with van der Waals surface area (Å²) in [5.41, 5.74) is -0.338. The molecule has 82 valence electrons. The predicted octanol–water partition coefficient (Wildman–Crippen LogP) is 1.90. The van der Waals surface area contributed by atoms with E-state index in [9.17, 15) is 9.59 Å². The average Bonchev–Trinajstić information content (AvgIpc) is 2.22. The number of rotatable bonds is 3. The van der Waals surface area contributed by atoms with E-state index >= 15 is 0 Å². The number of esters is 1. The van der Waals surface area contributed by atoms with Crippen molar-refractivity contribution in [2.24, 2.45) is 5.92 Å². The molecule has 0 aliphatic rings. The molecule has 0 saturated heterocycles. The quantitative estimate of drug-likeness (QED) is 0.715. The van der Waals surface area contributed by atoms with Crippen molar-refractivity contribution in [1.29, 1.82) is 0 Å². The minimum atomic E-state index is -0.404. The van der Waals surface area contributed by atoms with Crippen LogP contribution < -0.4 is 10.2 Å². The molecular weight excluding hydrogens is 196 g/mol. The van der Waals surface area contributed by atoms with Crippen LogP contribution in [0.3, 0.4) is 0 Å². The van der Waals surface area contributed by atoms with Crippen molar-refractivity contribution in [2.45, 2.75) is 27.2 Å². The molecule has 0 spiro atoms. The third-order valence-electron chi connectivity index (χ3n) is 2.23. The fourth-order valence-electron chi connectivity index (χ4n) is 0.991. The van der Waals surface area contributed by atoms with E-state index in [4.69, 9.17) is 9.15 Å². The molecule has 1 atom stereocenters. The Kier molecular flexibility index (Phi) is 3.66. The van der Waals surface area contributed by atoms with Crippen molar-refractivity contribution >= 4 is 5.97 Å². The second-order valence-electron chi connectivity index (χ2n) is 3.40. The fourth-order valence-corrected chi connectivity index (χ4v) is 0.991. The van der Waals surface area contributed by atoms with E-state index in [0.717, 1.165) is 0 Å². The second kappa shape index (κ2) is 4.77. The van der Waals surface area contributed by atoms with Crippen LogP contribution >= 0.6 is 0 Å². The van der Waals surface area contributed by atoms with Gasteiger partial charge in [0.25, 0.3) is 0 Å². The zero-order valence-electron chi connectivity index (χ0n) is 9.07. The van der Waals surface area contributed by atoms with Crippen LogP contribution in [0.25, 0.3) is 0 Å². The maximum absolute atomic E-state index is 11.4. The van der Waals surface area contributed by atoms with Crippen LogP contribution in [0, 0.1) is 12.8 Å². The zero-order chi connectivity index (χ0) is 11.4. The topological polar surface area (TPSA) is 56.5 Å². The lowest BCUT2D eigenvalue weighted by Crippen LogP contribution is -2.21. The molecular formula is C11H14O4. The maximum Gasteiger partial charge on any atom is 0.314 e. The van der Waals surface area contributed by atoms with E-state index in [1.807, 2.05) is 6.92 Å². The SMILES string of the molecule is CCC(C)C(=O)Oc1c(C)occc1=O. The van der Waals surface area contributed by atoms with Gasteiger partial charge in [0, 0.05) is 6.07 Å². The van der Waals surface area contributed by atoms with E-state index in [1.54, 1.807) is 13.8 Å². The molecule has 1 aromatic heterocycles. The van der Waals surface area contributed by atoms with Gasteiger partial charge in [0.15, 0.2) is 0 Å². The smallest absolute Gasteiger partial charge is 0.314 e. The highest BCUT2D eigenvalue weighted by Gasteiger charge is 2.16. The molecule has 0 aliphatic heterocycles. The molecule has 0 aromatic carbocycles. The number of carbonyl (C=O) groups excluding carboxylic acids is 1. The van der Waals surface area contributed by atoms with Crippen LogP contribution in [0.1, 0.15) is 26.0 Å². The highest BCUT2D eigenvalue weighted by molar-refractivity contribution is 5.74. The number of hydrogen-bond acceptors (Lipinski definition) is 4. The van der Waals surface area contributed by atoms with Crippen LogP contribution in [0.2, 0.25) is 0 Å². The normalized spacial score (nSPS) is 12.2. The largest absolute Gasteiger partial charge is 0.465 e. The van der Waals surface area contributed by atoms with Gasteiger partial charge in [-0.2, -0.15) is 0 Å². The molecule has 0 saturated carbocycles. The van der Waals surface area contributed by atoms with Crippen LogP contribution in [0.5, 0.6) is 5.75 Å². The lowest BCUT2D eigenvalue weighted by Gasteiger charge is -2.08. The first-order valence-corrected chi connectivity index (χ1v) is 4.86. The van der Waals surface area contributed by atoms with Gasteiger partial charge >= 0.3 is 5.97 Å². The standard InChI is InChI=1S/C11H14O4/c1-4-7(2)11(13)15-10-8(3)14-6-5-9(10)12/h5-7H,4H2,1-3H3. The van der Waals surface area contributed by atoms with Crippen LogP contribution in [-0.2, 0) is 4.79 Å². The molecule has 4 heteroatoms. The molecule has 0 amide bonds. The van der Waals surface area contributed by atoms with Crippen molar-refractivity contribution in [2.75, 3.05) is 0 Å². The molecule has 1 rings (SSSR count). The predicted molar refractivity (Wildman–Crippen MR) is 54.8 cm³/mol. The number of ether oxygens (including phenoxy) is 1. The van der Waals surface area contributed by atoms with Crippen molar-refractivity contribution in [3.63, 3.8) is 0 Å². The van der Waals surface area contributed by atoms with Crippen LogP contribution in [-0.4, -0.2) is 5.97 Å². The van der Waals surface area contributed by atoms with Gasteiger partial charge < -0.3 is 9.15 Å². The summed E-state index contributed by atoms with van der Waals surface area (Å²) in [6.07, 6.45) is 1.95. The molecule has 1 heterocycles. The highest BCUT2D eigenvalue weighted by atomic mass is 16.5. The fraction of sp³-hybridized carbons (Fsp3) is 0.455. The van der Waals surface area contributed by atoms with E-state index < -0.39 is 5.97 Å². The third-order valence-corrected chi connectivity index (χ3v) is 2.23. The third kappa shape index (κ3) is 2.68. The Balaban J connectivity index is 2.90. The van der Waals surface area contributed by atoms with Crippen LogP contribution in [0.4, 0.5) is 0 Å². The molecule has 0 fully saturated rings. The molecule has 0 N–H and O–H groups in total. The summed E-state index contributed by atoms with van der Waals surface area (Å²) in [6.45, 7) is 5.22. The Hall–Kier alpha value is -1.58. The van der Waals surface area contributed by atoms with E-state index in [2.05, 4.69) is 0 Å². The first kappa shape index (κ1) is 11.5. The summed E-state index contributed by atoms with van der Waals surface area (Å²) < 4.78 is 9.96. The number of aryl methyl sites for hydroxylation is 1. The summed E-state index contributed by atoms with van der Waals surface area (Å²) in [7, 11) is 0. The molecule has 1 unspecified atom stereocenters. The van der Waals surface area contributed by atoms with Gasteiger partial charge in [-0.05, 0) is 13.3 Å². The van der Waals surface area contributed by atoms with Crippen molar-refractivity contribution in [3.8, 4) is 5.75 Å². The van der Waals surface area contributed by atoms with Crippen molar-refractivity contribution in [1.82, 2.24) is 0 Å². The molecule has 15 heavy (non-hydrogen) atoms. The lowest BCUT2D eigenvalue weighted by molar-refractivity contribution is -0.138. The lowest BCUT2D eigenvalue weighted by atomic mass is 10.1. The van der Waals surface area contributed by atoms with Gasteiger partial charge in [0.2, 0.25) is 11.2 Å². The molecule has 1 aromatic rings. The van der Waals surface area contributed by atoms with Crippen molar-refractivity contribution in [3.05, 3.63) is 28.3 Å². The minimum Gasteiger partial charge on any atom is -0.465 e. The first-order valence-electron chi connectivity index (χ1n) is 4.86. The monoisotopic (exact) mass is 210 g/mol. The first-order chi connectivity index (χ1) is 7.06. The second-order valence-corrected chi connectivity index (χ2v) is 3.40. The number of carbonyl (C=O) groups is 1. The van der Waals surface area contributed by atoms with Crippen molar-refractivity contribution < 1.29 is 13.9 Å². The summed E-state index contributed by atoms with van der Waals surface area (Å²) in [5.74, 6) is -0.315. The van der Waals surface area contributed by atoms with Gasteiger partial charge in [-0.25, -0.2) is 0 Å². The van der Waals surface area contributed by atoms with Gasteiger partial charge in [-0.15, -0.1) is 0 Å². The highest BCUT2D eigenvalue weighted by Crippen LogP contribution is 2.13. The van der Waals surface area contributed by atoms with Gasteiger partial charge in [0.05, 0.1) is 12.2 Å². The van der Waals surface area contributed by atoms with Gasteiger partial charge in [0.1, 0.15) is 5.76 Å². The summed E-state index contributed by atoms with van der Waals surface area (Å²) in [4.78, 5) is 22.8. The van der Waals surface area contributed by atoms with Crippen LogP contribution in [0.15, 0.2) is 21.5 Å². The summed E-state index contributed by atoms with van der Waals surface area (Å²) in [5, 5.41) is 0. The molecule has 4 nitrogen and oxygen atoms in total. The van der Waals surface area contributed by atoms with E-state index in [-0.39, 0.29) is 17.1 Å². The summed E-state index contributed by atoms with van der Waals surface area (Å²) in [6, 6.07) is 1.23. The molecule has 0 radical (unpaired) electrons. The van der Waals surface area contributed by atoms with E-state index in [0.29, 0.717) is 12.2 Å². The van der Waals surface area contributed by atoms with Gasteiger partial charge in [-0.1, -0.05) is 13.8 Å². The minimum absolute atomic E-state index is 0.0113. The maximum atomic E-state index is 11.4. The zero-order valence-corrected chi connectivity index (χ0v) is 9.07.